The van der Waals surface area contributed by atoms with E-state index in [1.807, 2.05) is 0 Å². The molecule has 0 aliphatic carbocycles. The van der Waals surface area contributed by atoms with Crippen LogP contribution in [-0.2, 0) is 17.8 Å². The lowest BCUT2D eigenvalue weighted by Crippen LogP contribution is -2.39. The normalized spacial score (nSPS) is 10.7. The molecule has 1 rings (SSSR count). The van der Waals surface area contributed by atoms with E-state index in [1.165, 1.54) is 21.4 Å². The number of ether oxygens (including phenoxy) is 1. The molecule has 0 aromatic carbocycles. The third-order valence-corrected chi connectivity index (χ3v) is 2.47. The standard InChI is InChI=1S/C11H19N3O3/c1-17-9-3-6-13-8-4-10(15)14(11(13)16)7-2-5-12/h4,8H,2-3,5-7,9,12H2,1H3. The van der Waals surface area contributed by atoms with Crippen molar-refractivity contribution in [2.24, 2.45) is 5.73 Å². The lowest BCUT2D eigenvalue weighted by molar-refractivity contribution is 0.189. The maximum atomic E-state index is 11.9. The maximum Gasteiger partial charge on any atom is 0.330 e. The second-order valence-corrected chi connectivity index (χ2v) is 3.77. The Morgan fingerprint density at radius 1 is 1.29 bits per heavy atom. The highest BCUT2D eigenvalue weighted by Crippen LogP contribution is 1.87. The zero-order chi connectivity index (χ0) is 12.7. The summed E-state index contributed by atoms with van der Waals surface area (Å²) in [6, 6.07) is 1.41. The highest BCUT2D eigenvalue weighted by Gasteiger charge is 2.04. The average Bonchev–Trinajstić information content (AvgIpc) is 2.32. The Morgan fingerprint density at radius 3 is 2.71 bits per heavy atom. The van der Waals surface area contributed by atoms with Crippen LogP contribution in [0.15, 0.2) is 21.9 Å². The van der Waals surface area contributed by atoms with Crippen molar-refractivity contribution in [2.75, 3.05) is 20.3 Å². The van der Waals surface area contributed by atoms with E-state index in [9.17, 15) is 9.59 Å². The van der Waals surface area contributed by atoms with E-state index in [-0.39, 0.29) is 11.2 Å². The predicted molar refractivity (Wildman–Crippen MR) is 65.1 cm³/mol. The molecule has 0 aliphatic rings. The van der Waals surface area contributed by atoms with Gasteiger partial charge in [-0.1, -0.05) is 0 Å². The van der Waals surface area contributed by atoms with Crippen molar-refractivity contribution in [3.05, 3.63) is 33.1 Å². The predicted octanol–water partition coefficient (Wildman–Crippen LogP) is -0.605. The Morgan fingerprint density at radius 2 is 2.06 bits per heavy atom. The third-order valence-electron chi connectivity index (χ3n) is 2.47. The van der Waals surface area contributed by atoms with E-state index < -0.39 is 0 Å². The van der Waals surface area contributed by atoms with Crippen LogP contribution in [-0.4, -0.2) is 29.4 Å². The summed E-state index contributed by atoms with van der Waals surface area (Å²) in [5, 5.41) is 0. The van der Waals surface area contributed by atoms with E-state index in [0.717, 1.165) is 6.42 Å². The molecule has 1 aromatic heterocycles. The van der Waals surface area contributed by atoms with Gasteiger partial charge in [-0.05, 0) is 19.4 Å². The van der Waals surface area contributed by atoms with Crippen LogP contribution in [0.5, 0.6) is 0 Å². The fourth-order valence-corrected chi connectivity index (χ4v) is 1.56. The first-order chi connectivity index (χ1) is 8.20. The van der Waals surface area contributed by atoms with Crippen molar-refractivity contribution in [1.82, 2.24) is 9.13 Å². The van der Waals surface area contributed by atoms with Crippen molar-refractivity contribution in [3.8, 4) is 0 Å². The molecule has 0 aliphatic heterocycles. The van der Waals surface area contributed by atoms with Crippen LogP contribution in [0.3, 0.4) is 0 Å². The van der Waals surface area contributed by atoms with E-state index in [2.05, 4.69) is 0 Å². The van der Waals surface area contributed by atoms with Gasteiger partial charge in [0, 0.05) is 39.1 Å². The summed E-state index contributed by atoms with van der Waals surface area (Å²) >= 11 is 0. The van der Waals surface area contributed by atoms with Gasteiger partial charge < -0.3 is 15.0 Å². The van der Waals surface area contributed by atoms with Gasteiger partial charge in [-0.25, -0.2) is 4.79 Å². The number of aryl methyl sites for hydroxylation is 1. The van der Waals surface area contributed by atoms with Crippen molar-refractivity contribution in [3.63, 3.8) is 0 Å². The summed E-state index contributed by atoms with van der Waals surface area (Å²) in [6.45, 7) is 1.98. The van der Waals surface area contributed by atoms with Gasteiger partial charge in [0.15, 0.2) is 0 Å². The minimum absolute atomic E-state index is 0.272. The monoisotopic (exact) mass is 241 g/mol. The number of hydrogen-bond donors (Lipinski definition) is 1. The smallest absolute Gasteiger partial charge is 0.330 e. The molecule has 0 unspecified atom stereocenters. The van der Waals surface area contributed by atoms with E-state index in [1.54, 1.807) is 7.11 Å². The van der Waals surface area contributed by atoms with Gasteiger partial charge >= 0.3 is 5.69 Å². The molecule has 0 bridgehead atoms. The quantitative estimate of drug-likeness (QED) is 0.646. The number of nitrogens with zero attached hydrogens (tertiary/aromatic N) is 2. The summed E-state index contributed by atoms with van der Waals surface area (Å²) in [5.41, 5.74) is 4.82. The third kappa shape index (κ3) is 3.83. The summed E-state index contributed by atoms with van der Waals surface area (Å²) in [5.74, 6) is 0. The van der Waals surface area contributed by atoms with Crippen molar-refractivity contribution in [2.45, 2.75) is 25.9 Å². The first-order valence-corrected chi connectivity index (χ1v) is 5.70. The van der Waals surface area contributed by atoms with Gasteiger partial charge in [-0.2, -0.15) is 0 Å². The SMILES string of the molecule is COCCCn1ccc(=O)n(CCCN)c1=O. The average molecular weight is 241 g/mol. The molecule has 0 fully saturated rings. The van der Waals surface area contributed by atoms with Crippen LogP contribution < -0.4 is 17.0 Å². The molecule has 0 amide bonds. The molecule has 0 saturated heterocycles. The first-order valence-electron chi connectivity index (χ1n) is 5.70. The topological polar surface area (TPSA) is 79.2 Å². The fourth-order valence-electron chi connectivity index (χ4n) is 1.56. The van der Waals surface area contributed by atoms with Crippen LogP contribution >= 0.6 is 0 Å². The van der Waals surface area contributed by atoms with Crippen LogP contribution in [0, 0.1) is 0 Å². The second-order valence-electron chi connectivity index (χ2n) is 3.77. The molecule has 0 spiro atoms. The number of aromatic nitrogens is 2. The van der Waals surface area contributed by atoms with Crippen LogP contribution in [0.25, 0.3) is 0 Å². The number of nitrogens with two attached hydrogens (primary N) is 1. The van der Waals surface area contributed by atoms with Crippen LogP contribution in [0.2, 0.25) is 0 Å². The van der Waals surface area contributed by atoms with E-state index in [4.69, 9.17) is 10.5 Å². The van der Waals surface area contributed by atoms with Crippen LogP contribution in [0.4, 0.5) is 0 Å². The molecule has 6 nitrogen and oxygen atoms in total. The number of rotatable bonds is 7. The Kier molecular flexibility index (Phi) is 5.65. The van der Waals surface area contributed by atoms with Gasteiger partial charge in [0.2, 0.25) is 0 Å². The first kappa shape index (κ1) is 13.7. The summed E-state index contributed by atoms with van der Waals surface area (Å²) in [4.78, 5) is 23.4. The Hall–Kier alpha value is -1.40. The largest absolute Gasteiger partial charge is 0.385 e. The molecule has 2 N–H and O–H groups in total. The molecule has 1 heterocycles. The van der Waals surface area contributed by atoms with E-state index >= 15 is 0 Å². The van der Waals surface area contributed by atoms with Gasteiger partial charge in [0.1, 0.15) is 0 Å². The maximum absolute atomic E-state index is 11.9. The molecule has 0 atom stereocenters. The zero-order valence-corrected chi connectivity index (χ0v) is 10.1. The summed E-state index contributed by atoms with van der Waals surface area (Å²) in [7, 11) is 1.62. The Balaban J connectivity index is 2.86. The molecule has 17 heavy (non-hydrogen) atoms. The van der Waals surface area contributed by atoms with Crippen molar-refractivity contribution >= 4 is 0 Å². The highest BCUT2D eigenvalue weighted by molar-refractivity contribution is 4.86. The lowest BCUT2D eigenvalue weighted by Gasteiger charge is -2.09. The molecule has 6 heteroatoms. The molecule has 0 saturated carbocycles. The van der Waals surface area contributed by atoms with Gasteiger partial charge in [-0.3, -0.25) is 9.36 Å². The Bertz CT molecular complexity index is 450. The van der Waals surface area contributed by atoms with Crippen molar-refractivity contribution < 1.29 is 4.74 Å². The number of hydrogen-bond acceptors (Lipinski definition) is 4. The van der Waals surface area contributed by atoms with Crippen molar-refractivity contribution in [1.29, 1.82) is 0 Å². The molecule has 96 valence electrons. The van der Waals surface area contributed by atoms with Gasteiger partial charge in [0.05, 0.1) is 0 Å². The van der Waals surface area contributed by atoms with Gasteiger partial charge in [0.25, 0.3) is 5.56 Å². The molecule has 0 radical (unpaired) electrons. The van der Waals surface area contributed by atoms with E-state index in [0.29, 0.717) is 32.7 Å². The second kappa shape index (κ2) is 7.03. The van der Waals surface area contributed by atoms with Gasteiger partial charge in [-0.15, -0.1) is 0 Å². The summed E-state index contributed by atoms with van der Waals surface area (Å²) < 4.78 is 7.67. The number of methoxy groups -OCH3 is 1. The van der Waals surface area contributed by atoms with Crippen LogP contribution in [0.1, 0.15) is 12.8 Å². The minimum Gasteiger partial charge on any atom is -0.385 e. The molecular formula is C11H19N3O3. The molecular weight excluding hydrogens is 222 g/mol. The lowest BCUT2D eigenvalue weighted by atomic mass is 10.4. The minimum atomic E-state index is -0.276. The molecule has 1 aromatic rings. The highest BCUT2D eigenvalue weighted by atomic mass is 16.5. The zero-order valence-electron chi connectivity index (χ0n) is 10.1. The Labute approximate surface area is 99.6 Å². The fraction of sp³-hybridized carbons (Fsp3) is 0.636. The summed E-state index contributed by atoms with van der Waals surface area (Å²) in [6.07, 6.45) is 2.89.